The average molecular weight is 372 g/mol. The lowest BCUT2D eigenvalue weighted by Crippen LogP contribution is -2.26. The molecular formula is C22H20N4O2. The fourth-order valence-electron chi connectivity index (χ4n) is 3.10. The zero-order chi connectivity index (χ0) is 19.3. The van der Waals surface area contributed by atoms with E-state index >= 15 is 0 Å². The molecule has 28 heavy (non-hydrogen) atoms. The van der Waals surface area contributed by atoms with E-state index in [9.17, 15) is 4.79 Å². The summed E-state index contributed by atoms with van der Waals surface area (Å²) in [6.45, 7) is 0.523. The van der Waals surface area contributed by atoms with E-state index < -0.39 is 0 Å². The van der Waals surface area contributed by atoms with Crippen molar-refractivity contribution in [3.63, 3.8) is 0 Å². The Morgan fingerprint density at radius 1 is 1.14 bits per heavy atom. The summed E-state index contributed by atoms with van der Waals surface area (Å²) in [5, 5.41) is 3.82. The minimum atomic E-state index is -0.118. The van der Waals surface area contributed by atoms with Gasteiger partial charge in [0, 0.05) is 35.8 Å². The number of nitrogens with one attached hydrogen (secondary N) is 2. The lowest BCUT2D eigenvalue weighted by molar-refractivity contribution is 0.0955. The highest BCUT2D eigenvalue weighted by molar-refractivity contribution is 6.07. The Labute approximate surface area is 162 Å². The van der Waals surface area contributed by atoms with Crippen LogP contribution in [0.3, 0.4) is 0 Å². The summed E-state index contributed by atoms with van der Waals surface area (Å²) in [4.78, 5) is 24.6. The van der Waals surface area contributed by atoms with Gasteiger partial charge in [0.25, 0.3) is 5.91 Å². The Kier molecular flexibility index (Phi) is 5.01. The van der Waals surface area contributed by atoms with Gasteiger partial charge in [-0.15, -0.1) is 0 Å². The monoisotopic (exact) mass is 372 g/mol. The fraction of sp³-hybridized carbons (Fsp3) is 0.136. The normalized spacial score (nSPS) is 10.8. The molecule has 0 aliphatic heterocycles. The quantitative estimate of drug-likeness (QED) is 0.542. The van der Waals surface area contributed by atoms with Gasteiger partial charge in [-0.1, -0.05) is 18.2 Å². The van der Waals surface area contributed by atoms with Crippen LogP contribution < -0.4 is 10.1 Å². The van der Waals surface area contributed by atoms with E-state index in [1.54, 1.807) is 19.6 Å². The Morgan fingerprint density at radius 3 is 2.71 bits per heavy atom. The molecule has 2 aromatic carbocycles. The number of imidazole rings is 1. The van der Waals surface area contributed by atoms with Crippen LogP contribution in [-0.4, -0.2) is 34.5 Å². The van der Waals surface area contributed by atoms with Crippen LogP contribution in [0.4, 0.5) is 0 Å². The minimum absolute atomic E-state index is 0.118. The molecule has 0 aliphatic carbocycles. The number of benzene rings is 2. The molecule has 140 valence electrons. The maximum absolute atomic E-state index is 12.9. The number of fused-ring (bicyclic) bond motifs is 1. The van der Waals surface area contributed by atoms with Gasteiger partial charge in [-0.2, -0.15) is 0 Å². The molecule has 0 radical (unpaired) electrons. The predicted molar refractivity (Wildman–Crippen MR) is 108 cm³/mol. The average Bonchev–Trinajstić information content (AvgIpc) is 3.26. The molecule has 0 fully saturated rings. The van der Waals surface area contributed by atoms with Crippen LogP contribution in [0.15, 0.2) is 67.1 Å². The number of hydrogen-bond donors (Lipinski definition) is 2. The number of methoxy groups -OCH3 is 1. The van der Waals surface area contributed by atoms with Crippen LogP contribution in [0, 0.1) is 0 Å². The SMILES string of the molecule is COc1ccc(-c2cc(C(=O)NCCc3cnc[nH]3)c3ccccc3n2)cc1. The highest BCUT2D eigenvalue weighted by Gasteiger charge is 2.14. The molecule has 6 heteroatoms. The van der Waals surface area contributed by atoms with Crippen molar-refractivity contribution in [3.05, 3.63) is 78.4 Å². The van der Waals surface area contributed by atoms with Crippen LogP contribution in [0.1, 0.15) is 16.1 Å². The van der Waals surface area contributed by atoms with E-state index in [0.717, 1.165) is 33.6 Å². The summed E-state index contributed by atoms with van der Waals surface area (Å²) in [5.41, 5.74) is 4.06. The van der Waals surface area contributed by atoms with Crippen molar-refractivity contribution in [2.75, 3.05) is 13.7 Å². The van der Waals surface area contributed by atoms with Gasteiger partial charge in [0.1, 0.15) is 5.75 Å². The van der Waals surface area contributed by atoms with Gasteiger partial charge < -0.3 is 15.0 Å². The van der Waals surface area contributed by atoms with Crippen molar-refractivity contribution in [3.8, 4) is 17.0 Å². The Morgan fingerprint density at radius 2 is 1.96 bits per heavy atom. The lowest BCUT2D eigenvalue weighted by Gasteiger charge is -2.11. The van der Waals surface area contributed by atoms with E-state index in [0.29, 0.717) is 18.5 Å². The minimum Gasteiger partial charge on any atom is -0.497 e. The highest BCUT2D eigenvalue weighted by atomic mass is 16.5. The number of aromatic nitrogens is 3. The molecule has 4 aromatic rings. The van der Waals surface area contributed by atoms with Gasteiger partial charge in [0.05, 0.1) is 30.2 Å². The molecule has 0 saturated carbocycles. The molecule has 2 heterocycles. The fourth-order valence-corrected chi connectivity index (χ4v) is 3.10. The molecule has 4 rings (SSSR count). The van der Waals surface area contributed by atoms with Gasteiger partial charge in [0.15, 0.2) is 0 Å². The summed E-state index contributed by atoms with van der Waals surface area (Å²) < 4.78 is 5.22. The number of hydrogen-bond acceptors (Lipinski definition) is 4. The van der Waals surface area contributed by atoms with Gasteiger partial charge in [-0.05, 0) is 36.4 Å². The molecule has 2 N–H and O–H groups in total. The molecule has 0 atom stereocenters. The van der Waals surface area contributed by atoms with Crippen LogP contribution in [0.2, 0.25) is 0 Å². The number of nitrogens with zero attached hydrogens (tertiary/aromatic N) is 2. The molecule has 6 nitrogen and oxygen atoms in total. The third kappa shape index (κ3) is 3.71. The number of H-pyrrole nitrogens is 1. The zero-order valence-corrected chi connectivity index (χ0v) is 15.5. The lowest BCUT2D eigenvalue weighted by atomic mass is 10.0. The molecule has 0 aliphatic rings. The predicted octanol–water partition coefficient (Wildman–Crippen LogP) is 3.61. The summed E-state index contributed by atoms with van der Waals surface area (Å²) in [6.07, 6.45) is 4.09. The molecule has 0 spiro atoms. The maximum atomic E-state index is 12.9. The smallest absolute Gasteiger partial charge is 0.252 e. The van der Waals surface area contributed by atoms with E-state index in [2.05, 4.69) is 15.3 Å². The third-order valence-electron chi connectivity index (χ3n) is 4.58. The van der Waals surface area contributed by atoms with E-state index in [-0.39, 0.29) is 5.91 Å². The van der Waals surface area contributed by atoms with Gasteiger partial charge in [0.2, 0.25) is 0 Å². The topological polar surface area (TPSA) is 79.9 Å². The Balaban J connectivity index is 1.64. The number of pyridine rings is 1. The van der Waals surface area contributed by atoms with Crippen LogP contribution >= 0.6 is 0 Å². The van der Waals surface area contributed by atoms with Gasteiger partial charge in [-0.3, -0.25) is 4.79 Å². The molecule has 0 saturated heterocycles. The molecule has 0 unspecified atom stereocenters. The molecule has 1 amide bonds. The number of aromatic amines is 1. The van der Waals surface area contributed by atoms with E-state index in [1.165, 1.54) is 0 Å². The standard InChI is InChI=1S/C22H20N4O2/c1-28-17-8-6-15(7-9-17)21-12-19(18-4-2-3-5-20(18)26-21)22(27)24-11-10-16-13-23-14-25-16/h2-9,12-14H,10-11H2,1H3,(H,23,25)(H,24,27). The van der Waals surface area contributed by atoms with Crippen LogP contribution in [-0.2, 0) is 6.42 Å². The largest absolute Gasteiger partial charge is 0.497 e. The van der Waals surface area contributed by atoms with Crippen LogP contribution in [0.25, 0.3) is 22.2 Å². The first kappa shape index (κ1) is 17.7. The van der Waals surface area contributed by atoms with Crippen molar-refractivity contribution >= 4 is 16.8 Å². The number of carbonyl (C=O) groups is 1. The first-order valence-electron chi connectivity index (χ1n) is 9.04. The third-order valence-corrected chi connectivity index (χ3v) is 4.58. The van der Waals surface area contributed by atoms with Gasteiger partial charge in [-0.25, -0.2) is 9.97 Å². The first-order valence-corrected chi connectivity index (χ1v) is 9.04. The number of para-hydroxylation sites is 1. The zero-order valence-electron chi connectivity index (χ0n) is 15.5. The van der Waals surface area contributed by atoms with E-state index in [4.69, 9.17) is 9.72 Å². The number of amides is 1. The van der Waals surface area contributed by atoms with Crippen molar-refractivity contribution in [2.24, 2.45) is 0 Å². The maximum Gasteiger partial charge on any atom is 0.252 e. The number of ether oxygens (including phenoxy) is 1. The molecule has 0 bridgehead atoms. The Bertz CT molecular complexity index is 1090. The second kappa shape index (κ2) is 7.92. The van der Waals surface area contributed by atoms with Gasteiger partial charge >= 0.3 is 0 Å². The highest BCUT2D eigenvalue weighted by Crippen LogP contribution is 2.26. The number of rotatable bonds is 6. The van der Waals surface area contributed by atoms with E-state index in [1.807, 2.05) is 54.6 Å². The summed E-state index contributed by atoms with van der Waals surface area (Å²) in [6, 6.07) is 17.2. The van der Waals surface area contributed by atoms with Crippen molar-refractivity contribution < 1.29 is 9.53 Å². The van der Waals surface area contributed by atoms with Crippen molar-refractivity contribution in [1.29, 1.82) is 0 Å². The molecule has 2 aromatic heterocycles. The van der Waals surface area contributed by atoms with Crippen molar-refractivity contribution in [2.45, 2.75) is 6.42 Å². The Hall–Kier alpha value is -3.67. The van der Waals surface area contributed by atoms with Crippen molar-refractivity contribution in [1.82, 2.24) is 20.3 Å². The first-order chi connectivity index (χ1) is 13.7. The number of carbonyl (C=O) groups excluding carboxylic acids is 1. The summed E-state index contributed by atoms with van der Waals surface area (Å²) in [5.74, 6) is 0.661. The van der Waals surface area contributed by atoms with Crippen LogP contribution in [0.5, 0.6) is 5.75 Å². The second-order valence-corrected chi connectivity index (χ2v) is 6.38. The summed E-state index contributed by atoms with van der Waals surface area (Å²) in [7, 11) is 1.63. The summed E-state index contributed by atoms with van der Waals surface area (Å²) >= 11 is 0. The second-order valence-electron chi connectivity index (χ2n) is 6.38. The molecular weight excluding hydrogens is 352 g/mol.